The van der Waals surface area contributed by atoms with E-state index in [0.29, 0.717) is 0 Å². The quantitative estimate of drug-likeness (QED) is 0.344. The molecule has 0 aliphatic carbocycles. The maximum absolute atomic E-state index is 5.90. The lowest BCUT2D eigenvalue weighted by molar-refractivity contribution is 0.303. The van der Waals surface area contributed by atoms with Gasteiger partial charge in [-0.3, -0.25) is 0 Å². The van der Waals surface area contributed by atoms with E-state index in [9.17, 15) is 0 Å². The molecule has 0 saturated carbocycles. The number of para-hydroxylation sites is 3. The van der Waals surface area contributed by atoms with Gasteiger partial charge in [-0.1, -0.05) is 42.5 Å². The summed E-state index contributed by atoms with van der Waals surface area (Å²) in [4.78, 5) is 9.85. The number of benzene rings is 3. The molecule has 0 amide bonds. The number of hydrogen-bond acceptors (Lipinski definition) is 3. The summed E-state index contributed by atoms with van der Waals surface area (Å²) in [6.07, 6.45) is 2.01. The first-order valence-corrected chi connectivity index (χ1v) is 10.1. The van der Waals surface area contributed by atoms with E-state index in [2.05, 4.69) is 47.9 Å². The van der Waals surface area contributed by atoms with Gasteiger partial charge in [0.2, 0.25) is 0 Å². The molecule has 0 spiro atoms. The van der Waals surface area contributed by atoms with Crippen molar-refractivity contribution in [1.82, 2.24) is 14.5 Å². The third-order valence-corrected chi connectivity index (χ3v) is 5.29. The Morgan fingerprint density at radius 1 is 0.828 bits per heavy atom. The van der Waals surface area contributed by atoms with Gasteiger partial charge in [0, 0.05) is 11.9 Å². The molecular weight excluding hydrogens is 358 g/mol. The molecule has 3 aromatic carbocycles. The van der Waals surface area contributed by atoms with Crippen molar-refractivity contribution in [2.75, 3.05) is 6.61 Å². The maximum atomic E-state index is 5.90. The predicted octanol–water partition coefficient (Wildman–Crippen LogP) is 5.91. The highest BCUT2D eigenvalue weighted by atomic mass is 16.5. The summed E-state index contributed by atoms with van der Waals surface area (Å²) in [6.45, 7) is 3.70. The van der Waals surface area contributed by atoms with Gasteiger partial charge < -0.3 is 9.30 Å². The van der Waals surface area contributed by atoms with Gasteiger partial charge in [0.25, 0.3) is 0 Å². The van der Waals surface area contributed by atoms with E-state index < -0.39 is 0 Å². The van der Waals surface area contributed by atoms with Crippen LogP contribution in [0.2, 0.25) is 0 Å². The average Bonchev–Trinajstić information content (AvgIpc) is 3.05. The zero-order valence-corrected chi connectivity index (χ0v) is 16.5. The largest absolute Gasteiger partial charge is 0.494 e. The zero-order chi connectivity index (χ0) is 19.6. The van der Waals surface area contributed by atoms with E-state index in [1.165, 1.54) is 11.1 Å². The van der Waals surface area contributed by atoms with Crippen LogP contribution in [0, 0.1) is 6.92 Å². The third-order valence-electron chi connectivity index (χ3n) is 5.29. The molecule has 5 aromatic rings. The third kappa shape index (κ3) is 3.42. The SMILES string of the molecule is Cc1cccc(OCCCCn2c3ccccc3c3nc4ccccc4nc32)c1. The second-order valence-corrected chi connectivity index (χ2v) is 7.43. The first kappa shape index (κ1) is 17.7. The summed E-state index contributed by atoms with van der Waals surface area (Å²) in [6, 6.07) is 24.7. The van der Waals surface area contributed by atoms with Crippen molar-refractivity contribution in [3.8, 4) is 5.75 Å². The Hall–Kier alpha value is -3.40. The molecule has 4 heteroatoms. The Kier molecular flexibility index (Phi) is 4.60. The topological polar surface area (TPSA) is 39.9 Å². The molecule has 144 valence electrons. The fourth-order valence-corrected chi connectivity index (χ4v) is 3.88. The molecule has 0 aliphatic rings. The molecule has 0 unspecified atom stereocenters. The summed E-state index contributed by atoms with van der Waals surface area (Å²) in [5, 5.41) is 1.16. The van der Waals surface area contributed by atoms with Gasteiger partial charge >= 0.3 is 0 Å². The van der Waals surface area contributed by atoms with Crippen LogP contribution in [0.4, 0.5) is 0 Å². The number of aryl methyl sites for hydroxylation is 2. The highest BCUT2D eigenvalue weighted by Crippen LogP contribution is 2.28. The summed E-state index contributed by atoms with van der Waals surface area (Å²) in [5.41, 5.74) is 6.23. The summed E-state index contributed by atoms with van der Waals surface area (Å²) in [7, 11) is 0. The van der Waals surface area contributed by atoms with Gasteiger partial charge in [0.15, 0.2) is 5.65 Å². The highest BCUT2D eigenvalue weighted by Gasteiger charge is 2.13. The Labute approximate surface area is 169 Å². The van der Waals surface area contributed by atoms with Crippen molar-refractivity contribution < 1.29 is 4.74 Å². The van der Waals surface area contributed by atoms with Crippen molar-refractivity contribution in [1.29, 1.82) is 0 Å². The molecule has 5 rings (SSSR count). The molecule has 2 heterocycles. The van der Waals surface area contributed by atoms with Crippen molar-refractivity contribution in [2.45, 2.75) is 26.3 Å². The van der Waals surface area contributed by atoms with Crippen molar-refractivity contribution in [2.24, 2.45) is 0 Å². The van der Waals surface area contributed by atoms with Crippen LogP contribution >= 0.6 is 0 Å². The smallest absolute Gasteiger partial charge is 0.160 e. The van der Waals surface area contributed by atoms with Gasteiger partial charge in [0.1, 0.15) is 11.3 Å². The lowest BCUT2D eigenvalue weighted by atomic mass is 10.2. The first-order chi connectivity index (χ1) is 14.3. The fourth-order valence-electron chi connectivity index (χ4n) is 3.88. The Balaban J connectivity index is 1.39. The van der Waals surface area contributed by atoms with Gasteiger partial charge in [-0.2, -0.15) is 0 Å². The van der Waals surface area contributed by atoms with E-state index in [-0.39, 0.29) is 0 Å². The van der Waals surface area contributed by atoms with Gasteiger partial charge in [-0.05, 0) is 55.7 Å². The molecule has 0 N–H and O–H groups in total. The number of hydrogen-bond donors (Lipinski definition) is 0. The number of rotatable bonds is 6. The molecular formula is C25H23N3O. The number of unbranched alkanes of at least 4 members (excludes halogenated alkanes) is 1. The highest BCUT2D eigenvalue weighted by molar-refractivity contribution is 6.06. The fraction of sp³-hybridized carbons (Fsp3) is 0.200. The van der Waals surface area contributed by atoms with Crippen molar-refractivity contribution in [3.05, 3.63) is 78.4 Å². The molecule has 2 aromatic heterocycles. The second-order valence-electron chi connectivity index (χ2n) is 7.43. The molecule has 0 bridgehead atoms. The second kappa shape index (κ2) is 7.55. The van der Waals surface area contributed by atoms with Crippen LogP contribution < -0.4 is 4.74 Å². The van der Waals surface area contributed by atoms with Gasteiger partial charge in [-0.15, -0.1) is 0 Å². The van der Waals surface area contributed by atoms with E-state index >= 15 is 0 Å². The molecule has 0 atom stereocenters. The maximum Gasteiger partial charge on any atom is 0.160 e. The van der Waals surface area contributed by atoms with Crippen molar-refractivity contribution in [3.63, 3.8) is 0 Å². The van der Waals surface area contributed by atoms with Gasteiger partial charge in [0.05, 0.1) is 23.2 Å². The van der Waals surface area contributed by atoms with Crippen LogP contribution in [-0.2, 0) is 6.54 Å². The first-order valence-electron chi connectivity index (χ1n) is 10.1. The van der Waals surface area contributed by atoms with Crippen LogP contribution in [0.25, 0.3) is 33.1 Å². The molecule has 0 fully saturated rings. The average molecular weight is 381 g/mol. The lowest BCUT2D eigenvalue weighted by Gasteiger charge is -2.09. The Morgan fingerprint density at radius 2 is 1.62 bits per heavy atom. The summed E-state index contributed by atoms with van der Waals surface area (Å²) >= 11 is 0. The van der Waals surface area contributed by atoms with Crippen LogP contribution in [0.3, 0.4) is 0 Å². The van der Waals surface area contributed by atoms with Crippen LogP contribution in [0.15, 0.2) is 72.8 Å². The molecule has 4 nitrogen and oxygen atoms in total. The molecule has 29 heavy (non-hydrogen) atoms. The van der Waals surface area contributed by atoms with E-state index in [1.807, 2.05) is 36.4 Å². The molecule has 0 radical (unpaired) electrons. The zero-order valence-electron chi connectivity index (χ0n) is 16.5. The van der Waals surface area contributed by atoms with Crippen molar-refractivity contribution >= 4 is 33.1 Å². The number of ether oxygens (including phenoxy) is 1. The minimum absolute atomic E-state index is 0.717. The monoisotopic (exact) mass is 381 g/mol. The van der Waals surface area contributed by atoms with E-state index in [1.54, 1.807) is 0 Å². The number of aromatic nitrogens is 3. The summed E-state index contributed by atoms with van der Waals surface area (Å²) < 4.78 is 8.20. The summed E-state index contributed by atoms with van der Waals surface area (Å²) in [5.74, 6) is 0.944. The predicted molar refractivity (Wildman–Crippen MR) is 118 cm³/mol. The standard InChI is InChI=1S/C25H23N3O/c1-18-9-8-10-19(17-18)29-16-7-6-15-28-23-14-5-2-11-20(23)24-25(28)27-22-13-4-3-12-21(22)26-24/h2-5,8-14,17H,6-7,15-16H2,1H3. The lowest BCUT2D eigenvalue weighted by Crippen LogP contribution is -2.03. The van der Waals surface area contributed by atoms with Gasteiger partial charge in [-0.25, -0.2) is 9.97 Å². The minimum Gasteiger partial charge on any atom is -0.494 e. The molecule has 0 saturated heterocycles. The van der Waals surface area contributed by atoms with E-state index in [4.69, 9.17) is 14.7 Å². The number of fused-ring (bicyclic) bond motifs is 4. The number of nitrogens with zero attached hydrogens (tertiary/aromatic N) is 3. The Bertz CT molecular complexity index is 1310. The Morgan fingerprint density at radius 3 is 2.48 bits per heavy atom. The normalized spacial score (nSPS) is 11.5. The molecule has 0 aliphatic heterocycles. The van der Waals surface area contributed by atoms with Crippen LogP contribution in [0.5, 0.6) is 5.75 Å². The van der Waals surface area contributed by atoms with Crippen LogP contribution in [-0.4, -0.2) is 21.1 Å². The minimum atomic E-state index is 0.717. The van der Waals surface area contributed by atoms with E-state index in [0.717, 1.165) is 59.3 Å². The van der Waals surface area contributed by atoms with Crippen LogP contribution in [0.1, 0.15) is 18.4 Å².